The van der Waals surface area contributed by atoms with Gasteiger partial charge in [-0.3, -0.25) is 0 Å². The van der Waals surface area contributed by atoms with Crippen LogP contribution in [0.15, 0.2) is 47.1 Å². The minimum absolute atomic E-state index is 0.179. The number of hydrogen-bond donors (Lipinski definition) is 2. The summed E-state index contributed by atoms with van der Waals surface area (Å²) in [5.74, 6) is 1.18. The molecule has 3 nitrogen and oxygen atoms in total. The van der Waals surface area contributed by atoms with Crippen LogP contribution in [0.4, 0.5) is 5.69 Å². The molecule has 2 N–H and O–H groups in total. The van der Waals surface area contributed by atoms with Crippen LogP contribution in [0.5, 0.6) is 0 Å². The Kier molecular flexibility index (Phi) is 4.12. The number of anilines is 1. The molecule has 0 saturated carbocycles. The number of aliphatic hydroxyl groups is 1. The van der Waals surface area contributed by atoms with Crippen LogP contribution in [0.25, 0.3) is 0 Å². The van der Waals surface area contributed by atoms with Crippen LogP contribution in [0.2, 0.25) is 0 Å². The van der Waals surface area contributed by atoms with Gasteiger partial charge in [-0.2, -0.15) is 0 Å². The lowest BCUT2D eigenvalue weighted by Gasteiger charge is -2.45. The second-order valence-electron chi connectivity index (χ2n) is 6.61. The fourth-order valence-electron chi connectivity index (χ4n) is 4.18. The van der Waals surface area contributed by atoms with Crippen LogP contribution < -0.4 is 5.32 Å². The van der Waals surface area contributed by atoms with E-state index in [1.54, 1.807) is 17.8 Å². The van der Waals surface area contributed by atoms with Gasteiger partial charge in [-0.15, -0.1) is 11.8 Å². The van der Waals surface area contributed by atoms with Crippen molar-refractivity contribution in [1.82, 2.24) is 0 Å². The Hall–Kier alpha value is -1.39. The lowest BCUT2D eigenvalue weighted by atomic mass is 9.73. The zero-order chi connectivity index (χ0) is 15.8. The number of benzene rings is 1. The summed E-state index contributed by atoms with van der Waals surface area (Å²) in [5.41, 5.74) is 2.50. The van der Waals surface area contributed by atoms with E-state index in [-0.39, 0.29) is 6.10 Å². The molecule has 1 saturated heterocycles. The minimum Gasteiger partial charge on any atom is -0.508 e. The highest BCUT2D eigenvalue weighted by Gasteiger charge is 2.42. The first-order valence-corrected chi connectivity index (χ1v) is 9.62. The van der Waals surface area contributed by atoms with Crippen molar-refractivity contribution in [2.24, 2.45) is 11.8 Å². The van der Waals surface area contributed by atoms with Gasteiger partial charge in [0.25, 0.3) is 0 Å². The summed E-state index contributed by atoms with van der Waals surface area (Å²) in [5, 5.41) is 13.6. The van der Waals surface area contributed by atoms with Crippen LogP contribution in [0, 0.1) is 11.8 Å². The Bertz CT molecular complexity index is 655. The average Bonchev–Trinajstić information content (AvgIpc) is 2.60. The molecule has 1 aromatic rings. The van der Waals surface area contributed by atoms with Gasteiger partial charge in [-0.05, 0) is 55.9 Å². The third-order valence-electron chi connectivity index (χ3n) is 5.26. The average molecular weight is 329 g/mol. The number of rotatable bonds is 2. The molecule has 4 atom stereocenters. The first-order valence-electron chi connectivity index (χ1n) is 8.39. The Morgan fingerprint density at radius 1 is 1.35 bits per heavy atom. The highest BCUT2D eigenvalue weighted by atomic mass is 32.2. The molecule has 1 fully saturated rings. The molecule has 3 aliphatic rings. The summed E-state index contributed by atoms with van der Waals surface area (Å²) in [7, 11) is 0. The molecule has 4 heteroatoms. The molecular formula is C19H23NO2S. The largest absolute Gasteiger partial charge is 0.508 e. The van der Waals surface area contributed by atoms with Crippen molar-refractivity contribution < 1.29 is 9.84 Å². The van der Waals surface area contributed by atoms with Crippen molar-refractivity contribution in [3.05, 3.63) is 47.7 Å². The van der Waals surface area contributed by atoms with Crippen LogP contribution in [-0.4, -0.2) is 24.0 Å². The molecule has 1 aromatic carbocycles. The number of hydrogen-bond acceptors (Lipinski definition) is 4. The lowest BCUT2D eigenvalue weighted by molar-refractivity contribution is -0.0420. The van der Waals surface area contributed by atoms with Gasteiger partial charge in [0, 0.05) is 40.6 Å². The molecule has 122 valence electrons. The van der Waals surface area contributed by atoms with E-state index in [0.717, 1.165) is 19.4 Å². The van der Waals surface area contributed by atoms with Crippen molar-refractivity contribution in [2.45, 2.75) is 36.3 Å². The van der Waals surface area contributed by atoms with Crippen molar-refractivity contribution in [2.75, 3.05) is 18.2 Å². The summed E-state index contributed by atoms with van der Waals surface area (Å²) in [6, 6.07) is 6.95. The van der Waals surface area contributed by atoms with E-state index < -0.39 is 0 Å². The van der Waals surface area contributed by atoms with Gasteiger partial charge in [-0.1, -0.05) is 6.08 Å². The Morgan fingerprint density at radius 3 is 3.09 bits per heavy atom. The molecule has 1 aliphatic carbocycles. The number of nitrogens with one attached hydrogen (secondary N) is 1. The summed E-state index contributed by atoms with van der Waals surface area (Å²) in [6.07, 6.45) is 11.4. The maximum atomic E-state index is 9.88. The zero-order valence-corrected chi connectivity index (χ0v) is 14.2. The van der Waals surface area contributed by atoms with Crippen LogP contribution in [0.3, 0.4) is 0 Å². The molecule has 0 bridgehead atoms. The van der Waals surface area contributed by atoms with Gasteiger partial charge in [0.1, 0.15) is 5.76 Å². The number of aliphatic hydroxyl groups excluding tert-OH is 1. The van der Waals surface area contributed by atoms with E-state index in [9.17, 15) is 5.11 Å². The third kappa shape index (κ3) is 2.79. The molecule has 2 heterocycles. The first-order chi connectivity index (χ1) is 11.3. The number of thioether (sulfide) groups is 1. The number of allylic oxidation sites excluding steroid dienone is 2. The molecule has 4 rings (SSSR count). The summed E-state index contributed by atoms with van der Waals surface area (Å²) in [6.45, 7) is 0.850. The van der Waals surface area contributed by atoms with Gasteiger partial charge in [-0.25, -0.2) is 0 Å². The van der Waals surface area contributed by atoms with Crippen molar-refractivity contribution in [1.29, 1.82) is 0 Å². The molecule has 0 amide bonds. The van der Waals surface area contributed by atoms with Crippen LogP contribution >= 0.6 is 11.8 Å². The van der Waals surface area contributed by atoms with Crippen LogP contribution in [-0.2, 0) is 4.74 Å². The second kappa shape index (κ2) is 6.25. The van der Waals surface area contributed by atoms with Crippen molar-refractivity contribution in [3.63, 3.8) is 0 Å². The smallest absolute Gasteiger partial charge is 0.111 e. The maximum Gasteiger partial charge on any atom is 0.111 e. The van der Waals surface area contributed by atoms with Gasteiger partial charge >= 0.3 is 0 Å². The Balaban J connectivity index is 1.70. The SMILES string of the molecule is CSc1ccc2c(c1)[C@H]1OCCC[C@H]1[C@H](C1C=C(O)C=CC1)N2. The first kappa shape index (κ1) is 15.2. The standard InChI is InChI=1S/C19H23NO2S/c1-23-14-7-8-17-16(11-14)19-15(6-3-9-22-19)18(20-17)12-4-2-5-13(21)10-12/h2,5,7-8,10-12,15,18-21H,3-4,6,9H2,1H3/t12?,15-,18-,19-/m0/s1. The lowest BCUT2D eigenvalue weighted by Crippen LogP contribution is -2.45. The predicted octanol–water partition coefficient (Wildman–Crippen LogP) is 4.69. The summed E-state index contributed by atoms with van der Waals surface area (Å²) in [4.78, 5) is 1.29. The molecule has 1 unspecified atom stereocenters. The van der Waals surface area contributed by atoms with E-state index in [0.29, 0.717) is 23.6 Å². The quantitative estimate of drug-likeness (QED) is 0.773. The summed E-state index contributed by atoms with van der Waals surface area (Å²) < 4.78 is 6.21. The van der Waals surface area contributed by atoms with E-state index in [4.69, 9.17) is 4.74 Å². The van der Waals surface area contributed by atoms with Crippen molar-refractivity contribution >= 4 is 17.4 Å². The fourth-order valence-corrected chi connectivity index (χ4v) is 4.63. The van der Waals surface area contributed by atoms with Gasteiger partial charge < -0.3 is 15.2 Å². The topological polar surface area (TPSA) is 41.5 Å². The molecule has 23 heavy (non-hydrogen) atoms. The van der Waals surface area contributed by atoms with E-state index in [1.807, 2.05) is 6.08 Å². The summed E-state index contributed by atoms with van der Waals surface area (Å²) >= 11 is 1.78. The molecular weight excluding hydrogens is 306 g/mol. The third-order valence-corrected chi connectivity index (χ3v) is 5.99. The van der Waals surface area contributed by atoms with Crippen LogP contribution in [0.1, 0.15) is 30.9 Å². The monoisotopic (exact) mass is 329 g/mol. The van der Waals surface area contributed by atoms with E-state index >= 15 is 0 Å². The zero-order valence-electron chi connectivity index (χ0n) is 13.4. The van der Waals surface area contributed by atoms with Gasteiger partial charge in [0.15, 0.2) is 0 Å². The molecule has 2 aliphatic heterocycles. The number of ether oxygens (including phenoxy) is 1. The van der Waals surface area contributed by atoms with Gasteiger partial charge in [0.2, 0.25) is 0 Å². The normalized spacial score (nSPS) is 32.5. The van der Waals surface area contributed by atoms with Gasteiger partial charge in [0.05, 0.1) is 6.10 Å². The molecule has 0 spiro atoms. The Morgan fingerprint density at radius 2 is 2.26 bits per heavy atom. The molecule has 0 radical (unpaired) electrons. The highest BCUT2D eigenvalue weighted by molar-refractivity contribution is 7.98. The van der Waals surface area contributed by atoms with E-state index in [1.165, 1.54) is 22.6 Å². The Labute approximate surface area is 141 Å². The molecule has 0 aromatic heterocycles. The predicted molar refractivity (Wildman–Crippen MR) is 95.0 cm³/mol. The highest BCUT2D eigenvalue weighted by Crippen LogP contribution is 2.47. The maximum absolute atomic E-state index is 9.88. The second-order valence-corrected chi connectivity index (χ2v) is 7.49. The van der Waals surface area contributed by atoms with E-state index in [2.05, 4.69) is 35.8 Å². The minimum atomic E-state index is 0.179. The number of fused-ring (bicyclic) bond motifs is 3. The van der Waals surface area contributed by atoms with Crippen molar-refractivity contribution in [3.8, 4) is 0 Å². The fraction of sp³-hybridized carbons (Fsp3) is 0.474.